The Morgan fingerprint density at radius 1 is 0.806 bits per heavy atom. The standard InChI is InChI=1S/C24H22ClN3O3/c1-15-9-10-17(13-21(15)27-22(29)16-7-5-4-6-8-16)23(30)26-18-11-12-20(25)19(14-18)24(31)28(2)3/h4-14H,1-3H3,(H,26,30)(H,27,29). The Kier molecular flexibility index (Phi) is 6.72. The quantitative estimate of drug-likeness (QED) is 0.601. The minimum atomic E-state index is -0.374. The van der Waals surface area contributed by atoms with Crippen molar-refractivity contribution in [3.8, 4) is 0 Å². The molecular formula is C24H22ClN3O3. The van der Waals surface area contributed by atoms with Crippen LogP contribution in [0.4, 0.5) is 11.4 Å². The van der Waals surface area contributed by atoms with Crippen LogP contribution in [0.25, 0.3) is 0 Å². The fraction of sp³-hybridized carbons (Fsp3) is 0.125. The van der Waals surface area contributed by atoms with Gasteiger partial charge in [0.25, 0.3) is 17.7 Å². The van der Waals surface area contributed by atoms with Crippen molar-refractivity contribution in [1.29, 1.82) is 0 Å². The third-order valence-corrected chi connectivity index (χ3v) is 4.97. The summed E-state index contributed by atoms with van der Waals surface area (Å²) in [5, 5.41) is 5.92. The molecular weight excluding hydrogens is 414 g/mol. The smallest absolute Gasteiger partial charge is 0.255 e. The van der Waals surface area contributed by atoms with Crippen molar-refractivity contribution in [2.45, 2.75) is 6.92 Å². The number of benzene rings is 3. The minimum Gasteiger partial charge on any atom is -0.345 e. The highest BCUT2D eigenvalue weighted by molar-refractivity contribution is 6.34. The van der Waals surface area contributed by atoms with Gasteiger partial charge in [0.1, 0.15) is 0 Å². The van der Waals surface area contributed by atoms with E-state index in [2.05, 4.69) is 10.6 Å². The summed E-state index contributed by atoms with van der Waals surface area (Å²) < 4.78 is 0. The van der Waals surface area contributed by atoms with Gasteiger partial charge in [-0.2, -0.15) is 0 Å². The van der Waals surface area contributed by atoms with E-state index in [9.17, 15) is 14.4 Å². The first-order valence-corrected chi connectivity index (χ1v) is 9.93. The number of anilines is 2. The number of carbonyl (C=O) groups excluding carboxylic acids is 3. The van der Waals surface area contributed by atoms with Gasteiger partial charge in [-0.3, -0.25) is 14.4 Å². The molecule has 2 N–H and O–H groups in total. The van der Waals surface area contributed by atoms with E-state index in [1.165, 1.54) is 11.0 Å². The highest BCUT2D eigenvalue weighted by Gasteiger charge is 2.15. The fourth-order valence-electron chi connectivity index (χ4n) is 2.89. The monoisotopic (exact) mass is 435 g/mol. The summed E-state index contributed by atoms with van der Waals surface area (Å²) in [6.45, 7) is 1.85. The van der Waals surface area contributed by atoms with Crippen LogP contribution in [0.2, 0.25) is 5.02 Å². The lowest BCUT2D eigenvalue weighted by molar-refractivity contribution is 0.0827. The number of carbonyl (C=O) groups is 3. The lowest BCUT2D eigenvalue weighted by Crippen LogP contribution is -2.22. The van der Waals surface area contributed by atoms with E-state index in [-0.39, 0.29) is 17.7 Å². The molecule has 0 saturated carbocycles. The molecule has 0 bridgehead atoms. The average molecular weight is 436 g/mol. The molecule has 0 aliphatic carbocycles. The summed E-state index contributed by atoms with van der Waals surface area (Å²) in [4.78, 5) is 38.9. The number of aryl methyl sites for hydroxylation is 1. The van der Waals surface area contributed by atoms with Gasteiger partial charge in [-0.1, -0.05) is 35.9 Å². The van der Waals surface area contributed by atoms with E-state index < -0.39 is 0 Å². The van der Waals surface area contributed by atoms with Gasteiger partial charge in [-0.15, -0.1) is 0 Å². The average Bonchev–Trinajstić information content (AvgIpc) is 2.76. The predicted molar refractivity (Wildman–Crippen MR) is 123 cm³/mol. The van der Waals surface area contributed by atoms with Crippen LogP contribution in [0.1, 0.15) is 36.6 Å². The summed E-state index contributed by atoms with van der Waals surface area (Å²) in [6.07, 6.45) is 0. The number of nitrogens with zero attached hydrogens (tertiary/aromatic N) is 1. The van der Waals surface area contributed by atoms with Crippen molar-refractivity contribution in [3.05, 3.63) is 94.0 Å². The van der Waals surface area contributed by atoms with Gasteiger partial charge in [0, 0.05) is 36.6 Å². The first-order valence-electron chi connectivity index (χ1n) is 9.56. The topological polar surface area (TPSA) is 78.5 Å². The first kappa shape index (κ1) is 22.1. The van der Waals surface area contributed by atoms with Crippen LogP contribution in [0.5, 0.6) is 0 Å². The molecule has 3 aromatic carbocycles. The number of halogens is 1. The van der Waals surface area contributed by atoms with E-state index in [4.69, 9.17) is 11.6 Å². The Morgan fingerprint density at radius 3 is 2.16 bits per heavy atom. The van der Waals surface area contributed by atoms with Gasteiger partial charge in [-0.25, -0.2) is 0 Å². The molecule has 0 radical (unpaired) electrons. The molecule has 3 amide bonds. The van der Waals surface area contributed by atoms with Crippen molar-refractivity contribution in [2.75, 3.05) is 24.7 Å². The lowest BCUT2D eigenvalue weighted by Gasteiger charge is -2.14. The van der Waals surface area contributed by atoms with Gasteiger partial charge in [0.15, 0.2) is 0 Å². The molecule has 6 nitrogen and oxygen atoms in total. The molecule has 0 aromatic heterocycles. The fourth-order valence-corrected chi connectivity index (χ4v) is 3.09. The van der Waals surface area contributed by atoms with E-state index in [0.717, 1.165) is 5.56 Å². The van der Waals surface area contributed by atoms with Crippen molar-refractivity contribution < 1.29 is 14.4 Å². The molecule has 31 heavy (non-hydrogen) atoms. The number of amides is 3. The molecule has 0 unspecified atom stereocenters. The molecule has 0 saturated heterocycles. The Labute approximate surface area is 185 Å². The molecule has 0 aliphatic rings. The third kappa shape index (κ3) is 5.29. The molecule has 0 atom stereocenters. The number of rotatable bonds is 5. The zero-order chi connectivity index (χ0) is 22.5. The first-order chi connectivity index (χ1) is 14.8. The highest BCUT2D eigenvalue weighted by atomic mass is 35.5. The highest BCUT2D eigenvalue weighted by Crippen LogP contribution is 2.23. The van der Waals surface area contributed by atoms with Crippen LogP contribution < -0.4 is 10.6 Å². The summed E-state index contributed by atoms with van der Waals surface area (Å²) in [6, 6.07) is 18.6. The maximum absolute atomic E-state index is 12.8. The van der Waals surface area contributed by atoms with Crippen molar-refractivity contribution in [1.82, 2.24) is 4.90 Å². The molecule has 158 valence electrons. The Morgan fingerprint density at radius 2 is 1.48 bits per heavy atom. The van der Waals surface area contributed by atoms with E-state index in [1.54, 1.807) is 68.7 Å². The second-order valence-corrected chi connectivity index (χ2v) is 7.61. The summed E-state index contributed by atoms with van der Waals surface area (Å²) in [5.74, 6) is -0.895. The van der Waals surface area contributed by atoms with E-state index in [1.807, 2.05) is 13.0 Å². The van der Waals surface area contributed by atoms with Crippen LogP contribution in [0, 0.1) is 6.92 Å². The summed E-state index contributed by atoms with van der Waals surface area (Å²) >= 11 is 6.13. The molecule has 3 rings (SSSR count). The largest absolute Gasteiger partial charge is 0.345 e. The molecule has 0 fully saturated rings. The zero-order valence-corrected chi connectivity index (χ0v) is 18.2. The van der Waals surface area contributed by atoms with Crippen LogP contribution in [-0.2, 0) is 0 Å². The van der Waals surface area contributed by atoms with Gasteiger partial charge in [0.2, 0.25) is 0 Å². The predicted octanol–water partition coefficient (Wildman–Crippen LogP) is 4.85. The van der Waals surface area contributed by atoms with Crippen LogP contribution >= 0.6 is 11.6 Å². The number of hydrogen-bond donors (Lipinski definition) is 2. The number of nitrogens with one attached hydrogen (secondary N) is 2. The number of hydrogen-bond acceptors (Lipinski definition) is 3. The Hall–Kier alpha value is -3.64. The second-order valence-electron chi connectivity index (χ2n) is 7.20. The SMILES string of the molecule is Cc1ccc(C(=O)Nc2ccc(Cl)c(C(=O)N(C)C)c2)cc1NC(=O)c1ccccc1. The van der Waals surface area contributed by atoms with Crippen molar-refractivity contribution in [3.63, 3.8) is 0 Å². The Bertz CT molecular complexity index is 1140. The second kappa shape index (κ2) is 9.45. The molecule has 7 heteroatoms. The van der Waals surface area contributed by atoms with Crippen molar-refractivity contribution in [2.24, 2.45) is 0 Å². The molecule has 3 aromatic rings. The molecule has 0 spiro atoms. The Balaban J connectivity index is 1.80. The van der Waals surface area contributed by atoms with Gasteiger partial charge in [-0.05, 0) is 55.0 Å². The zero-order valence-electron chi connectivity index (χ0n) is 17.4. The normalized spacial score (nSPS) is 10.3. The summed E-state index contributed by atoms with van der Waals surface area (Å²) in [5.41, 5.74) is 2.99. The minimum absolute atomic E-state index is 0.259. The maximum Gasteiger partial charge on any atom is 0.255 e. The van der Waals surface area contributed by atoms with Gasteiger partial charge < -0.3 is 15.5 Å². The van der Waals surface area contributed by atoms with E-state index >= 15 is 0 Å². The third-order valence-electron chi connectivity index (χ3n) is 4.64. The maximum atomic E-state index is 12.8. The van der Waals surface area contributed by atoms with Crippen LogP contribution in [0.3, 0.4) is 0 Å². The molecule has 0 aliphatic heterocycles. The van der Waals surface area contributed by atoms with Crippen LogP contribution in [-0.4, -0.2) is 36.7 Å². The molecule has 0 heterocycles. The van der Waals surface area contributed by atoms with Crippen LogP contribution in [0.15, 0.2) is 66.7 Å². The lowest BCUT2D eigenvalue weighted by atomic mass is 10.1. The van der Waals surface area contributed by atoms with E-state index in [0.29, 0.717) is 33.1 Å². The van der Waals surface area contributed by atoms with Gasteiger partial charge in [0.05, 0.1) is 10.6 Å². The van der Waals surface area contributed by atoms with Crippen molar-refractivity contribution >= 4 is 40.7 Å². The summed E-state index contributed by atoms with van der Waals surface area (Å²) in [7, 11) is 3.25. The van der Waals surface area contributed by atoms with Gasteiger partial charge >= 0.3 is 0 Å².